The average Bonchev–Trinajstić information content (AvgIpc) is 2.74. The van der Waals surface area contributed by atoms with Gasteiger partial charge in [0.15, 0.2) is 0 Å². The monoisotopic (exact) mass is 225 g/mol. The third kappa shape index (κ3) is 2.35. The van der Waals surface area contributed by atoms with E-state index in [0.29, 0.717) is 6.54 Å². The molecule has 0 radical (unpaired) electrons. The first-order valence-electron chi connectivity index (χ1n) is 5.21. The first-order valence-corrected chi connectivity index (χ1v) is 6.09. The summed E-state index contributed by atoms with van der Waals surface area (Å²) in [5.74, 6) is 0.207. The standard InChI is InChI=1S/C10H15N3OS/c1-2-8-10(14)13(5-3-11-8)7-9-12-4-6-15-9/h4,6,8,11H,2-3,5,7H2,1H3. The molecule has 0 bridgehead atoms. The van der Waals surface area contributed by atoms with Crippen LogP contribution in [0.15, 0.2) is 11.6 Å². The number of thiazole rings is 1. The second-order valence-electron chi connectivity index (χ2n) is 3.60. The summed E-state index contributed by atoms with van der Waals surface area (Å²) in [6, 6.07) is -0.00119. The molecule has 1 atom stereocenters. The molecule has 1 amide bonds. The Bertz CT molecular complexity index is 325. The highest BCUT2D eigenvalue weighted by atomic mass is 32.1. The molecule has 0 aliphatic carbocycles. The maximum atomic E-state index is 11.9. The Balaban J connectivity index is 1.99. The van der Waals surface area contributed by atoms with E-state index < -0.39 is 0 Å². The number of aromatic nitrogens is 1. The van der Waals surface area contributed by atoms with Gasteiger partial charge >= 0.3 is 0 Å². The lowest BCUT2D eigenvalue weighted by Crippen LogP contribution is -2.54. The minimum absolute atomic E-state index is 0.00119. The van der Waals surface area contributed by atoms with Crippen molar-refractivity contribution in [2.45, 2.75) is 25.9 Å². The highest BCUT2D eigenvalue weighted by Crippen LogP contribution is 2.12. The summed E-state index contributed by atoms with van der Waals surface area (Å²) in [6.45, 7) is 4.36. The number of hydrogen-bond donors (Lipinski definition) is 1. The predicted molar refractivity (Wildman–Crippen MR) is 59.6 cm³/mol. The molecular weight excluding hydrogens is 210 g/mol. The van der Waals surface area contributed by atoms with Crippen molar-refractivity contribution < 1.29 is 4.79 Å². The average molecular weight is 225 g/mol. The fraction of sp³-hybridized carbons (Fsp3) is 0.600. The third-order valence-electron chi connectivity index (χ3n) is 2.60. The smallest absolute Gasteiger partial charge is 0.240 e. The molecule has 2 rings (SSSR count). The van der Waals surface area contributed by atoms with E-state index in [1.807, 2.05) is 17.2 Å². The largest absolute Gasteiger partial charge is 0.333 e. The number of carbonyl (C=O) groups is 1. The van der Waals surface area contributed by atoms with Crippen LogP contribution in [0.4, 0.5) is 0 Å². The van der Waals surface area contributed by atoms with Crippen molar-refractivity contribution in [1.29, 1.82) is 0 Å². The van der Waals surface area contributed by atoms with Crippen LogP contribution in [0.2, 0.25) is 0 Å². The van der Waals surface area contributed by atoms with E-state index in [1.54, 1.807) is 17.5 Å². The molecule has 82 valence electrons. The zero-order chi connectivity index (χ0) is 10.7. The van der Waals surface area contributed by atoms with Crippen molar-refractivity contribution in [1.82, 2.24) is 15.2 Å². The van der Waals surface area contributed by atoms with Crippen LogP contribution in [0.25, 0.3) is 0 Å². The van der Waals surface area contributed by atoms with Crippen LogP contribution in [0, 0.1) is 0 Å². The molecule has 2 heterocycles. The lowest BCUT2D eigenvalue weighted by Gasteiger charge is -2.32. The van der Waals surface area contributed by atoms with Gasteiger partial charge in [-0.05, 0) is 6.42 Å². The van der Waals surface area contributed by atoms with Gasteiger partial charge in [-0.2, -0.15) is 0 Å². The third-order valence-corrected chi connectivity index (χ3v) is 3.36. The number of hydrogen-bond acceptors (Lipinski definition) is 4. The molecule has 1 saturated heterocycles. The normalized spacial score (nSPS) is 22.1. The molecular formula is C10H15N3OS. The van der Waals surface area contributed by atoms with Crippen molar-refractivity contribution in [2.75, 3.05) is 13.1 Å². The topological polar surface area (TPSA) is 45.2 Å². The summed E-state index contributed by atoms with van der Waals surface area (Å²) in [4.78, 5) is 18.0. The molecule has 1 aromatic rings. The fourth-order valence-electron chi connectivity index (χ4n) is 1.76. The van der Waals surface area contributed by atoms with Gasteiger partial charge in [-0.3, -0.25) is 4.79 Å². The number of rotatable bonds is 3. The first-order chi connectivity index (χ1) is 7.31. The number of nitrogens with one attached hydrogen (secondary N) is 1. The Morgan fingerprint density at radius 2 is 2.60 bits per heavy atom. The summed E-state index contributed by atoms with van der Waals surface area (Å²) in [6.07, 6.45) is 2.64. The SMILES string of the molecule is CCC1NCCN(Cc2nccs2)C1=O. The highest BCUT2D eigenvalue weighted by Gasteiger charge is 2.26. The second kappa shape index (κ2) is 4.72. The molecule has 1 unspecified atom stereocenters. The van der Waals surface area contributed by atoms with Gasteiger partial charge in [0, 0.05) is 24.7 Å². The van der Waals surface area contributed by atoms with Crippen molar-refractivity contribution in [2.24, 2.45) is 0 Å². The quantitative estimate of drug-likeness (QED) is 0.829. The number of carbonyl (C=O) groups excluding carboxylic acids is 1. The van der Waals surface area contributed by atoms with Crippen LogP contribution in [0.3, 0.4) is 0 Å². The van der Waals surface area contributed by atoms with Crippen LogP contribution in [-0.2, 0) is 11.3 Å². The minimum Gasteiger partial charge on any atom is -0.333 e. The predicted octanol–water partition coefficient (Wildman–Crippen LogP) is 0.853. The maximum Gasteiger partial charge on any atom is 0.240 e. The van der Waals surface area contributed by atoms with Crippen LogP contribution < -0.4 is 5.32 Å². The molecule has 0 saturated carbocycles. The summed E-state index contributed by atoms with van der Waals surface area (Å²) in [7, 11) is 0. The summed E-state index contributed by atoms with van der Waals surface area (Å²) >= 11 is 1.60. The minimum atomic E-state index is -0.00119. The second-order valence-corrected chi connectivity index (χ2v) is 4.58. The van der Waals surface area contributed by atoms with E-state index in [-0.39, 0.29) is 11.9 Å². The van der Waals surface area contributed by atoms with E-state index in [1.165, 1.54) is 0 Å². The molecule has 15 heavy (non-hydrogen) atoms. The molecule has 0 spiro atoms. The molecule has 1 N–H and O–H groups in total. The molecule has 1 aromatic heterocycles. The van der Waals surface area contributed by atoms with Crippen LogP contribution in [0.5, 0.6) is 0 Å². The fourth-order valence-corrected chi connectivity index (χ4v) is 2.39. The number of amides is 1. The van der Waals surface area contributed by atoms with E-state index in [0.717, 1.165) is 24.5 Å². The van der Waals surface area contributed by atoms with E-state index >= 15 is 0 Å². The summed E-state index contributed by atoms with van der Waals surface area (Å²) in [5.41, 5.74) is 0. The van der Waals surface area contributed by atoms with Gasteiger partial charge in [0.25, 0.3) is 0 Å². The summed E-state index contributed by atoms with van der Waals surface area (Å²) in [5, 5.41) is 6.18. The van der Waals surface area contributed by atoms with Gasteiger partial charge in [0.1, 0.15) is 5.01 Å². The number of piperazine rings is 1. The Labute approximate surface area is 93.3 Å². The van der Waals surface area contributed by atoms with Crippen LogP contribution in [0.1, 0.15) is 18.4 Å². The Kier molecular flexibility index (Phi) is 3.33. The van der Waals surface area contributed by atoms with E-state index in [2.05, 4.69) is 10.3 Å². The summed E-state index contributed by atoms with van der Waals surface area (Å²) < 4.78 is 0. The maximum absolute atomic E-state index is 11.9. The number of nitrogens with zero attached hydrogens (tertiary/aromatic N) is 2. The Morgan fingerprint density at radius 3 is 3.27 bits per heavy atom. The molecule has 1 aliphatic heterocycles. The molecule has 1 aliphatic rings. The van der Waals surface area contributed by atoms with Crippen molar-refractivity contribution in [3.05, 3.63) is 16.6 Å². The van der Waals surface area contributed by atoms with Gasteiger partial charge in [0.2, 0.25) is 5.91 Å². The first kappa shape index (κ1) is 10.6. The van der Waals surface area contributed by atoms with Crippen LogP contribution >= 0.6 is 11.3 Å². The van der Waals surface area contributed by atoms with Crippen LogP contribution in [-0.4, -0.2) is 34.9 Å². The van der Waals surface area contributed by atoms with Gasteiger partial charge in [-0.25, -0.2) is 4.98 Å². The molecule has 5 heteroatoms. The Hall–Kier alpha value is -0.940. The zero-order valence-electron chi connectivity index (χ0n) is 8.77. The van der Waals surface area contributed by atoms with Gasteiger partial charge in [0.05, 0.1) is 12.6 Å². The molecule has 4 nitrogen and oxygen atoms in total. The zero-order valence-corrected chi connectivity index (χ0v) is 9.59. The van der Waals surface area contributed by atoms with Crippen molar-refractivity contribution in [3.8, 4) is 0 Å². The highest BCUT2D eigenvalue weighted by molar-refractivity contribution is 7.09. The molecule has 0 aromatic carbocycles. The van der Waals surface area contributed by atoms with Gasteiger partial charge in [-0.1, -0.05) is 6.92 Å². The Morgan fingerprint density at radius 1 is 1.73 bits per heavy atom. The lowest BCUT2D eigenvalue weighted by atomic mass is 10.1. The van der Waals surface area contributed by atoms with E-state index in [9.17, 15) is 4.79 Å². The van der Waals surface area contributed by atoms with Crippen molar-refractivity contribution in [3.63, 3.8) is 0 Å². The van der Waals surface area contributed by atoms with Gasteiger partial charge in [-0.15, -0.1) is 11.3 Å². The van der Waals surface area contributed by atoms with E-state index in [4.69, 9.17) is 0 Å². The van der Waals surface area contributed by atoms with Crippen molar-refractivity contribution >= 4 is 17.2 Å². The molecule has 1 fully saturated rings. The van der Waals surface area contributed by atoms with Gasteiger partial charge < -0.3 is 10.2 Å². The lowest BCUT2D eigenvalue weighted by molar-refractivity contribution is -0.136.